The van der Waals surface area contributed by atoms with Crippen LogP contribution in [0.25, 0.3) is 0 Å². The number of nitrogens with one attached hydrogen (secondary N) is 3. The van der Waals surface area contributed by atoms with E-state index in [0.29, 0.717) is 26.2 Å². The predicted octanol–water partition coefficient (Wildman–Crippen LogP) is 1.90. The number of amides is 4. The summed E-state index contributed by atoms with van der Waals surface area (Å²) in [6.45, 7) is 2.12. The standard InChI is InChI=1S/C19H23ClF3N5O3/c20-15-4-3-13(9-14(15)19(21,22)23)24-16(29)10-27-5-7-28(8-6-27)11-17(30)26-18(31)25-12-1-2-12/h3-4,9,12H,1-2,5-8,10-11H2,(H,24,29)(H2,25,26,30,31). The van der Waals surface area contributed by atoms with E-state index >= 15 is 0 Å². The Morgan fingerprint density at radius 1 is 1.00 bits per heavy atom. The minimum absolute atomic E-state index is 0.00775. The molecule has 2 aliphatic rings. The summed E-state index contributed by atoms with van der Waals surface area (Å²) in [6.07, 6.45) is -2.75. The molecule has 8 nitrogen and oxygen atoms in total. The fourth-order valence-electron chi connectivity index (χ4n) is 3.15. The molecule has 3 rings (SSSR count). The molecule has 0 spiro atoms. The van der Waals surface area contributed by atoms with Crippen molar-refractivity contribution in [3.05, 3.63) is 28.8 Å². The lowest BCUT2D eigenvalue weighted by atomic mass is 10.2. The second kappa shape index (κ2) is 9.84. The van der Waals surface area contributed by atoms with E-state index in [0.717, 1.165) is 25.0 Å². The van der Waals surface area contributed by atoms with Crippen LogP contribution in [-0.4, -0.2) is 73.0 Å². The molecule has 3 N–H and O–H groups in total. The van der Waals surface area contributed by atoms with Crippen LogP contribution in [0.5, 0.6) is 0 Å². The lowest BCUT2D eigenvalue weighted by molar-refractivity contribution is -0.137. The summed E-state index contributed by atoms with van der Waals surface area (Å²) in [6, 6.07) is 2.88. The summed E-state index contributed by atoms with van der Waals surface area (Å²) in [4.78, 5) is 39.4. The molecule has 1 aromatic carbocycles. The molecule has 0 radical (unpaired) electrons. The zero-order chi connectivity index (χ0) is 22.6. The van der Waals surface area contributed by atoms with Crippen molar-refractivity contribution in [2.75, 3.05) is 44.6 Å². The van der Waals surface area contributed by atoms with Crippen molar-refractivity contribution in [3.8, 4) is 0 Å². The summed E-state index contributed by atoms with van der Waals surface area (Å²) in [7, 11) is 0. The first kappa shape index (κ1) is 23.3. The van der Waals surface area contributed by atoms with Crippen LogP contribution in [0.2, 0.25) is 5.02 Å². The lowest BCUT2D eigenvalue weighted by Gasteiger charge is -2.33. The van der Waals surface area contributed by atoms with Crippen molar-refractivity contribution in [2.45, 2.75) is 25.1 Å². The van der Waals surface area contributed by atoms with Crippen LogP contribution in [0.4, 0.5) is 23.7 Å². The number of halogens is 4. The van der Waals surface area contributed by atoms with E-state index in [9.17, 15) is 27.6 Å². The number of nitrogens with zero attached hydrogens (tertiary/aromatic N) is 2. The van der Waals surface area contributed by atoms with Crippen LogP contribution in [0.1, 0.15) is 18.4 Å². The zero-order valence-electron chi connectivity index (χ0n) is 16.6. The maximum atomic E-state index is 12.9. The molecule has 1 heterocycles. The number of carbonyl (C=O) groups excluding carboxylic acids is 3. The third-order valence-corrected chi connectivity index (χ3v) is 5.25. The van der Waals surface area contributed by atoms with Gasteiger partial charge in [0, 0.05) is 37.9 Å². The average Bonchev–Trinajstić information content (AvgIpc) is 3.47. The topological polar surface area (TPSA) is 93.8 Å². The molecule has 0 bridgehead atoms. The molecular formula is C19H23ClF3N5O3. The van der Waals surface area contributed by atoms with Gasteiger partial charge in [0.2, 0.25) is 11.8 Å². The van der Waals surface area contributed by atoms with Crippen LogP contribution >= 0.6 is 11.6 Å². The Morgan fingerprint density at radius 3 is 2.13 bits per heavy atom. The molecule has 31 heavy (non-hydrogen) atoms. The summed E-state index contributed by atoms with van der Waals surface area (Å²) < 4.78 is 38.8. The van der Waals surface area contributed by atoms with Gasteiger partial charge in [0.1, 0.15) is 0 Å². The third kappa shape index (κ3) is 7.37. The van der Waals surface area contributed by atoms with Crippen molar-refractivity contribution in [2.24, 2.45) is 0 Å². The fraction of sp³-hybridized carbons (Fsp3) is 0.526. The van der Waals surface area contributed by atoms with Gasteiger partial charge in [0.05, 0.1) is 23.7 Å². The van der Waals surface area contributed by atoms with Gasteiger partial charge in [-0.15, -0.1) is 0 Å². The van der Waals surface area contributed by atoms with E-state index in [4.69, 9.17) is 11.6 Å². The van der Waals surface area contributed by atoms with Gasteiger partial charge in [-0.3, -0.25) is 24.7 Å². The van der Waals surface area contributed by atoms with Crippen LogP contribution < -0.4 is 16.0 Å². The van der Waals surface area contributed by atoms with E-state index in [1.165, 1.54) is 6.07 Å². The number of alkyl halides is 3. The van der Waals surface area contributed by atoms with Crippen molar-refractivity contribution < 1.29 is 27.6 Å². The Bertz CT molecular complexity index is 840. The van der Waals surface area contributed by atoms with Gasteiger partial charge >= 0.3 is 12.2 Å². The molecule has 1 aliphatic carbocycles. The minimum Gasteiger partial charge on any atom is -0.335 e. The highest BCUT2D eigenvalue weighted by Crippen LogP contribution is 2.36. The monoisotopic (exact) mass is 461 g/mol. The van der Waals surface area contributed by atoms with Gasteiger partial charge in [0.25, 0.3) is 0 Å². The van der Waals surface area contributed by atoms with E-state index in [1.807, 2.05) is 9.80 Å². The summed E-state index contributed by atoms with van der Waals surface area (Å²) in [5, 5.41) is 6.98. The Labute approximate surface area is 182 Å². The molecule has 12 heteroatoms. The van der Waals surface area contributed by atoms with Crippen molar-refractivity contribution in [1.29, 1.82) is 0 Å². The third-order valence-electron chi connectivity index (χ3n) is 4.92. The first-order valence-corrected chi connectivity index (χ1v) is 10.2. The highest BCUT2D eigenvalue weighted by Gasteiger charge is 2.33. The largest absolute Gasteiger partial charge is 0.417 e. The quantitative estimate of drug-likeness (QED) is 0.601. The van der Waals surface area contributed by atoms with Crippen LogP contribution in [0.3, 0.4) is 0 Å². The van der Waals surface area contributed by atoms with Gasteiger partial charge in [0.15, 0.2) is 0 Å². The molecule has 170 valence electrons. The zero-order valence-corrected chi connectivity index (χ0v) is 17.4. The molecule has 1 saturated carbocycles. The molecule has 0 aromatic heterocycles. The number of benzene rings is 1. The normalized spacial score (nSPS) is 17.8. The van der Waals surface area contributed by atoms with E-state index < -0.39 is 34.6 Å². The summed E-state index contributed by atoms with van der Waals surface area (Å²) in [5.41, 5.74) is -0.994. The molecule has 4 amide bonds. The van der Waals surface area contributed by atoms with Crippen molar-refractivity contribution in [3.63, 3.8) is 0 Å². The highest BCUT2D eigenvalue weighted by atomic mass is 35.5. The van der Waals surface area contributed by atoms with Crippen molar-refractivity contribution >= 4 is 35.1 Å². The number of rotatable bonds is 6. The molecule has 1 saturated heterocycles. The van der Waals surface area contributed by atoms with Gasteiger partial charge in [-0.05, 0) is 31.0 Å². The van der Waals surface area contributed by atoms with E-state index in [-0.39, 0.29) is 24.8 Å². The first-order chi connectivity index (χ1) is 14.6. The predicted molar refractivity (Wildman–Crippen MR) is 108 cm³/mol. The summed E-state index contributed by atoms with van der Waals surface area (Å²) >= 11 is 5.58. The van der Waals surface area contributed by atoms with E-state index in [1.54, 1.807) is 0 Å². The lowest BCUT2D eigenvalue weighted by Crippen LogP contribution is -2.52. The SMILES string of the molecule is O=C(CN1CCN(CC(=O)Nc2ccc(Cl)c(C(F)(F)F)c2)CC1)NC(=O)NC1CC1. The van der Waals surface area contributed by atoms with Crippen LogP contribution in [-0.2, 0) is 15.8 Å². The Kier molecular flexibility index (Phi) is 7.39. The summed E-state index contributed by atoms with van der Waals surface area (Å²) in [5.74, 6) is -0.842. The number of anilines is 1. The highest BCUT2D eigenvalue weighted by molar-refractivity contribution is 6.31. The average molecular weight is 462 g/mol. The number of piperazine rings is 1. The first-order valence-electron chi connectivity index (χ1n) is 9.82. The molecule has 0 atom stereocenters. The maximum absolute atomic E-state index is 12.9. The molecule has 1 aromatic rings. The number of hydrogen-bond acceptors (Lipinski definition) is 5. The fourth-order valence-corrected chi connectivity index (χ4v) is 3.37. The van der Waals surface area contributed by atoms with E-state index in [2.05, 4.69) is 16.0 Å². The van der Waals surface area contributed by atoms with Crippen LogP contribution in [0.15, 0.2) is 18.2 Å². The second-order valence-electron chi connectivity index (χ2n) is 7.59. The smallest absolute Gasteiger partial charge is 0.335 e. The molecule has 2 fully saturated rings. The Hall–Kier alpha value is -2.37. The Balaban J connectivity index is 1.40. The number of carbonyl (C=O) groups is 3. The van der Waals surface area contributed by atoms with Gasteiger partial charge in [-0.2, -0.15) is 13.2 Å². The van der Waals surface area contributed by atoms with Gasteiger partial charge < -0.3 is 10.6 Å². The number of hydrogen-bond donors (Lipinski definition) is 3. The second-order valence-corrected chi connectivity index (χ2v) is 8.00. The van der Waals surface area contributed by atoms with Crippen molar-refractivity contribution in [1.82, 2.24) is 20.4 Å². The van der Waals surface area contributed by atoms with Gasteiger partial charge in [-0.25, -0.2) is 4.79 Å². The molecule has 0 unspecified atom stereocenters. The maximum Gasteiger partial charge on any atom is 0.417 e. The Morgan fingerprint density at radius 2 is 1.58 bits per heavy atom. The van der Waals surface area contributed by atoms with Crippen LogP contribution in [0, 0.1) is 0 Å². The molecular weight excluding hydrogens is 439 g/mol. The number of imide groups is 1. The molecule has 1 aliphatic heterocycles. The number of urea groups is 1. The minimum atomic E-state index is -4.61. The van der Waals surface area contributed by atoms with Gasteiger partial charge in [-0.1, -0.05) is 11.6 Å².